The second-order valence-electron chi connectivity index (χ2n) is 5.80. The maximum absolute atomic E-state index is 12.3. The predicted molar refractivity (Wildman–Crippen MR) is 96.0 cm³/mol. The molecule has 0 saturated heterocycles. The third-order valence-corrected chi connectivity index (χ3v) is 3.50. The van der Waals surface area contributed by atoms with Crippen LogP contribution in [0.1, 0.15) is 18.9 Å². The summed E-state index contributed by atoms with van der Waals surface area (Å²) in [6.45, 7) is 2.65. The van der Waals surface area contributed by atoms with Gasteiger partial charge in [-0.05, 0) is 57.8 Å². The van der Waals surface area contributed by atoms with Crippen LogP contribution in [0.25, 0.3) is 6.08 Å². The number of carbonyl (C=O) groups is 2. The number of phenolic OH excluding ortho intramolecular Hbond substituents is 1. The predicted octanol–water partition coefficient (Wildman–Crippen LogP) is 1.45. The van der Waals surface area contributed by atoms with E-state index in [1.807, 2.05) is 19.0 Å². The number of phenols is 1. The zero-order chi connectivity index (χ0) is 19.0. The normalized spacial score (nSPS) is 11.4. The van der Waals surface area contributed by atoms with Gasteiger partial charge in [0.25, 0.3) is 5.91 Å². The second-order valence-corrected chi connectivity index (χ2v) is 5.80. The summed E-state index contributed by atoms with van der Waals surface area (Å²) in [6, 6.07) is 3.06. The summed E-state index contributed by atoms with van der Waals surface area (Å²) in [5, 5.41) is 12.7. The molecular formula is C18H26N2O5. The fourth-order valence-electron chi connectivity index (χ4n) is 2.18. The highest BCUT2D eigenvalue weighted by molar-refractivity contribution is 6.21. The van der Waals surface area contributed by atoms with E-state index in [4.69, 9.17) is 9.47 Å². The van der Waals surface area contributed by atoms with Gasteiger partial charge in [-0.1, -0.05) is 0 Å². The van der Waals surface area contributed by atoms with Crippen molar-refractivity contribution in [3.63, 3.8) is 0 Å². The first kappa shape index (κ1) is 20.5. The van der Waals surface area contributed by atoms with Gasteiger partial charge < -0.3 is 24.8 Å². The molecule has 0 bridgehead atoms. The van der Waals surface area contributed by atoms with Crippen LogP contribution in [0.5, 0.6) is 17.2 Å². The number of carbonyl (C=O) groups excluding carboxylic acids is 2. The van der Waals surface area contributed by atoms with Gasteiger partial charge in [-0.3, -0.25) is 9.59 Å². The Morgan fingerprint density at radius 1 is 1.20 bits per heavy atom. The van der Waals surface area contributed by atoms with Crippen LogP contribution >= 0.6 is 0 Å². The van der Waals surface area contributed by atoms with Gasteiger partial charge in [-0.15, -0.1) is 0 Å². The molecule has 0 spiro atoms. The molecule has 0 atom stereocenters. The number of ether oxygens (including phenoxy) is 2. The number of hydrogen-bond acceptors (Lipinski definition) is 6. The minimum Gasteiger partial charge on any atom is -0.502 e. The molecule has 2 N–H and O–H groups in total. The van der Waals surface area contributed by atoms with Gasteiger partial charge in [-0.2, -0.15) is 0 Å². The van der Waals surface area contributed by atoms with Crippen molar-refractivity contribution < 1.29 is 24.2 Å². The number of hydrogen-bond donors (Lipinski definition) is 2. The van der Waals surface area contributed by atoms with Crippen molar-refractivity contribution in [3.8, 4) is 17.2 Å². The average molecular weight is 350 g/mol. The number of amides is 1. The molecule has 0 fully saturated rings. The molecule has 7 heteroatoms. The van der Waals surface area contributed by atoms with E-state index in [1.165, 1.54) is 39.4 Å². The standard InChI is InChI=1S/C18H26N2O5/c1-12(21)14(18(23)19-7-6-8-20(2)3)9-13-10-15(24-4)17(22)16(11-13)25-5/h9-11,22H,6-8H2,1-5H3,(H,19,23). The van der Waals surface area contributed by atoms with Crippen LogP contribution in [-0.4, -0.2) is 63.1 Å². The first-order valence-corrected chi connectivity index (χ1v) is 7.90. The smallest absolute Gasteiger partial charge is 0.254 e. The number of nitrogens with one attached hydrogen (secondary N) is 1. The molecule has 0 unspecified atom stereocenters. The van der Waals surface area contributed by atoms with E-state index in [0.717, 1.165) is 13.0 Å². The van der Waals surface area contributed by atoms with Gasteiger partial charge in [0.15, 0.2) is 17.3 Å². The largest absolute Gasteiger partial charge is 0.502 e. The van der Waals surface area contributed by atoms with E-state index in [0.29, 0.717) is 12.1 Å². The highest BCUT2D eigenvalue weighted by Gasteiger charge is 2.16. The van der Waals surface area contributed by atoms with Crippen LogP contribution < -0.4 is 14.8 Å². The van der Waals surface area contributed by atoms with E-state index in [1.54, 1.807) is 0 Å². The Labute approximate surface area is 148 Å². The summed E-state index contributed by atoms with van der Waals surface area (Å²) >= 11 is 0. The molecule has 138 valence electrons. The zero-order valence-electron chi connectivity index (χ0n) is 15.4. The van der Waals surface area contributed by atoms with Crippen molar-refractivity contribution >= 4 is 17.8 Å². The van der Waals surface area contributed by atoms with Crippen molar-refractivity contribution in [2.75, 3.05) is 41.4 Å². The lowest BCUT2D eigenvalue weighted by atomic mass is 10.1. The first-order chi connectivity index (χ1) is 11.8. The Kier molecular flexibility index (Phi) is 7.94. The van der Waals surface area contributed by atoms with E-state index in [-0.39, 0.29) is 28.6 Å². The molecule has 0 radical (unpaired) electrons. The number of methoxy groups -OCH3 is 2. The lowest BCUT2D eigenvalue weighted by molar-refractivity contribution is -0.121. The van der Waals surface area contributed by atoms with Crippen LogP contribution in [0.4, 0.5) is 0 Å². The monoisotopic (exact) mass is 350 g/mol. The maximum atomic E-state index is 12.3. The van der Waals surface area contributed by atoms with Gasteiger partial charge in [0.1, 0.15) is 0 Å². The number of aromatic hydroxyl groups is 1. The quantitative estimate of drug-likeness (QED) is 0.303. The van der Waals surface area contributed by atoms with Crippen molar-refractivity contribution in [1.82, 2.24) is 10.2 Å². The Morgan fingerprint density at radius 2 is 1.76 bits per heavy atom. The summed E-state index contributed by atoms with van der Waals surface area (Å²) in [4.78, 5) is 26.2. The third kappa shape index (κ3) is 6.11. The summed E-state index contributed by atoms with van der Waals surface area (Å²) in [6.07, 6.45) is 2.23. The van der Waals surface area contributed by atoms with E-state index < -0.39 is 5.91 Å². The summed E-state index contributed by atoms with van der Waals surface area (Å²) in [5.41, 5.74) is 0.541. The molecule has 0 aromatic heterocycles. The lowest BCUT2D eigenvalue weighted by Gasteiger charge is -2.12. The van der Waals surface area contributed by atoms with Crippen LogP contribution in [0.3, 0.4) is 0 Å². The molecular weight excluding hydrogens is 324 g/mol. The molecule has 1 aromatic carbocycles. The maximum Gasteiger partial charge on any atom is 0.254 e. The van der Waals surface area contributed by atoms with Crippen molar-refractivity contribution in [2.45, 2.75) is 13.3 Å². The van der Waals surface area contributed by atoms with Crippen LogP contribution in [0.2, 0.25) is 0 Å². The van der Waals surface area contributed by atoms with Crippen molar-refractivity contribution in [2.24, 2.45) is 0 Å². The molecule has 7 nitrogen and oxygen atoms in total. The van der Waals surface area contributed by atoms with Gasteiger partial charge in [0.05, 0.1) is 19.8 Å². The Balaban J connectivity index is 3.02. The Morgan fingerprint density at radius 3 is 2.20 bits per heavy atom. The van der Waals surface area contributed by atoms with Gasteiger partial charge >= 0.3 is 0 Å². The highest BCUT2D eigenvalue weighted by atomic mass is 16.5. The summed E-state index contributed by atoms with van der Waals surface area (Å²) in [5.74, 6) is -0.534. The highest BCUT2D eigenvalue weighted by Crippen LogP contribution is 2.37. The number of rotatable bonds is 9. The van der Waals surface area contributed by atoms with Gasteiger partial charge in [0, 0.05) is 6.54 Å². The van der Waals surface area contributed by atoms with E-state index in [9.17, 15) is 14.7 Å². The molecule has 1 aromatic rings. The topological polar surface area (TPSA) is 88.1 Å². The SMILES string of the molecule is COc1cc(C=C(C(C)=O)C(=O)NCCCN(C)C)cc(OC)c1O. The molecule has 0 heterocycles. The average Bonchev–Trinajstić information content (AvgIpc) is 2.56. The molecule has 25 heavy (non-hydrogen) atoms. The minimum absolute atomic E-state index is 0.0275. The molecule has 1 amide bonds. The molecule has 1 rings (SSSR count). The van der Waals surface area contributed by atoms with E-state index >= 15 is 0 Å². The Bertz CT molecular complexity index is 628. The number of nitrogens with zero attached hydrogens (tertiary/aromatic N) is 1. The first-order valence-electron chi connectivity index (χ1n) is 7.90. The van der Waals surface area contributed by atoms with Crippen LogP contribution in [0.15, 0.2) is 17.7 Å². The van der Waals surface area contributed by atoms with E-state index in [2.05, 4.69) is 5.32 Å². The summed E-state index contributed by atoms with van der Waals surface area (Å²) < 4.78 is 10.2. The lowest BCUT2D eigenvalue weighted by Crippen LogP contribution is -2.30. The Hall–Kier alpha value is -2.54. The summed E-state index contributed by atoms with van der Waals surface area (Å²) in [7, 11) is 6.72. The number of ketones is 1. The molecule has 0 saturated carbocycles. The molecule has 0 aliphatic heterocycles. The fraction of sp³-hybridized carbons (Fsp3) is 0.444. The number of benzene rings is 1. The second kappa shape index (κ2) is 9.68. The van der Waals surface area contributed by atoms with Gasteiger partial charge in [0.2, 0.25) is 5.75 Å². The van der Waals surface area contributed by atoms with Crippen LogP contribution in [-0.2, 0) is 9.59 Å². The fourth-order valence-corrected chi connectivity index (χ4v) is 2.18. The van der Waals surface area contributed by atoms with Crippen molar-refractivity contribution in [3.05, 3.63) is 23.3 Å². The zero-order valence-corrected chi connectivity index (χ0v) is 15.4. The van der Waals surface area contributed by atoms with Crippen LogP contribution in [0, 0.1) is 0 Å². The number of Topliss-reactive ketones (excluding diaryl/α,β-unsaturated/α-hetero) is 1. The van der Waals surface area contributed by atoms with Gasteiger partial charge in [-0.25, -0.2) is 0 Å². The molecule has 0 aliphatic carbocycles. The minimum atomic E-state index is -0.433. The van der Waals surface area contributed by atoms with Crippen molar-refractivity contribution in [1.29, 1.82) is 0 Å². The third-order valence-electron chi connectivity index (χ3n) is 3.50. The molecule has 0 aliphatic rings.